The number of thiocarbonyl (C=S) groups is 1. The zero-order chi connectivity index (χ0) is 17.0. The molecule has 0 spiro atoms. The Bertz CT molecular complexity index is 767. The van der Waals surface area contributed by atoms with Crippen LogP contribution in [0.2, 0.25) is 5.02 Å². The lowest BCUT2D eigenvalue weighted by Gasteiger charge is -2.13. The first-order valence-electron chi connectivity index (χ1n) is 6.76. The number of anilines is 1. The van der Waals surface area contributed by atoms with Crippen LogP contribution < -0.4 is 16.2 Å². The van der Waals surface area contributed by atoms with E-state index in [2.05, 4.69) is 16.2 Å². The van der Waals surface area contributed by atoms with Crippen molar-refractivity contribution in [3.8, 4) is 0 Å². The molecule has 0 bridgehead atoms. The summed E-state index contributed by atoms with van der Waals surface area (Å²) >= 11 is 10.7. The molecule has 23 heavy (non-hydrogen) atoms. The Morgan fingerprint density at radius 3 is 2.52 bits per heavy atom. The van der Waals surface area contributed by atoms with Gasteiger partial charge in [0.1, 0.15) is 5.82 Å². The van der Waals surface area contributed by atoms with Crippen LogP contribution in [0.4, 0.5) is 10.1 Å². The summed E-state index contributed by atoms with van der Waals surface area (Å²) in [5.41, 5.74) is 8.11. The highest BCUT2D eigenvalue weighted by atomic mass is 35.5. The summed E-state index contributed by atoms with van der Waals surface area (Å²) in [5, 5.41) is 2.94. The second-order valence-corrected chi connectivity index (χ2v) is 5.80. The van der Waals surface area contributed by atoms with E-state index in [-0.39, 0.29) is 16.0 Å². The van der Waals surface area contributed by atoms with Crippen molar-refractivity contribution < 1.29 is 9.18 Å². The maximum atomic E-state index is 13.1. The molecule has 0 saturated heterocycles. The summed E-state index contributed by atoms with van der Waals surface area (Å²) in [7, 11) is 0. The highest BCUT2D eigenvalue weighted by molar-refractivity contribution is 7.80. The number of amides is 1. The van der Waals surface area contributed by atoms with E-state index in [1.165, 1.54) is 18.2 Å². The van der Waals surface area contributed by atoms with Crippen molar-refractivity contribution in [2.45, 2.75) is 13.8 Å². The molecule has 0 aliphatic heterocycles. The van der Waals surface area contributed by atoms with Gasteiger partial charge in [0.15, 0.2) is 5.11 Å². The van der Waals surface area contributed by atoms with Crippen molar-refractivity contribution in [1.82, 2.24) is 10.9 Å². The van der Waals surface area contributed by atoms with Gasteiger partial charge < -0.3 is 5.32 Å². The van der Waals surface area contributed by atoms with Gasteiger partial charge in [0.25, 0.3) is 5.91 Å². The van der Waals surface area contributed by atoms with Crippen LogP contribution >= 0.6 is 23.8 Å². The number of carbonyl (C=O) groups is 1. The monoisotopic (exact) mass is 351 g/mol. The van der Waals surface area contributed by atoms with Gasteiger partial charge in [-0.15, -0.1) is 0 Å². The van der Waals surface area contributed by atoms with Gasteiger partial charge in [0.2, 0.25) is 0 Å². The number of hydrogen-bond acceptors (Lipinski definition) is 2. The summed E-state index contributed by atoms with van der Waals surface area (Å²) < 4.78 is 13.1. The van der Waals surface area contributed by atoms with E-state index in [4.69, 9.17) is 23.8 Å². The van der Waals surface area contributed by atoms with E-state index < -0.39 is 5.82 Å². The standard InChI is InChI=1S/C16H15ClFN3OS/c1-9-3-5-12(10(2)7-9)15(22)20-21-16(23)19-11-4-6-14(18)13(17)8-11/h3-8H,1-2H3,(H,20,22)(H2,19,21,23). The van der Waals surface area contributed by atoms with Crippen LogP contribution in [-0.4, -0.2) is 11.0 Å². The molecule has 0 unspecified atom stereocenters. The number of hydrazine groups is 1. The third-order valence-electron chi connectivity index (χ3n) is 3.09. The molecule has 0 atom stereocenters. The number of aryl methyl sites for hydroxylation is 2. The Morgan fingerprint density at radius 1 is 1.13 bits per heavy atom. The minimum atomic E-state index is -0.515. The summed E-state index contributed by atoms with van der Waals surface area (Å²) in [5.74, 6) is -0.817. The van der Waals surface area contributed by atoms with Crippen LogP contribution in [0, 0.1) is 19.7 Å². The highest BCUT2D eigenvalue weighted by Crippen LogP contribution is 2.19. The fourth-order valence-corrected chi connectivity index (χ4v) is 2.33. The van der Waals surface area contributed by atoms with Crippen molar-refractivity contribution in [3.63, 3.8) is 0 Å². The summed E-state index contributed by atoms with van der Waals surface area (Å²) in [6.45, 7) is 3.82. The third-order valence-corrected chi connectivity index (χ3v) is 3.59. The first kappa shape index (κ1) is 17.2. The summed E-state index contributed by atoms with van der Waals surface area (Å²) in [4.78, 5) is 12.1. The average molecular weight is 352 g/mol. The lowest BCUT2D eigenvalue weighted by Crippen LogP contribution is -2.43. The second-order valence-electron chi connectivity index (χ2n) is 4.98. The Morgan fingerprint density at radius 2 is 1.87 bits per heavy atom. The smallest absolute Gasteiger partial charge is 0.269 e. The van der Waals surface area contributed by atoms with Crippen LogP contribution in [0.1, 0.15) is 21.5 Å². The zero-order valence-corrected chi connectivity index (χ0v) is 14.1. The quantitative estimate of drug-likeness (QED) is 0.570. The van der Waals surface area contributed by atoms with E-state index in [1.54, 1.807) is 6.07 Å². The van der Waals surface area contributed by atoms with Gasteiger partial charge in [-0.2, -0.15) is 0 Å². The van der Waals surface area contributed by atoms with E-state index in [1.807, 2.05) is 26.0 Å². The minimum Gasteiger partial charge on any atom is -0.331 e. The van der Waals surface area contributed by atoms with E-state index >= 15 is 0 Å². The molecule has 7 heteroatoms. The fraction of sp³-hybridized carbons (Fsp3) is 0.125. The third kappa shape index (κ3) is 4.64. The van der Waals surface area contributed by atoms with Gasteiger partial charge in [-0.3, -0.25) is 15.6 Å². The number of halogens is 2. The molecule has 120 valence electrons. The molecule has 0 aliphatic carbocycles. The van der Waals surface area contributed by atoms with Crippen LogP contribution in [0.3, 0.4) is 0 Å². The zero-order valence-electron chi connectivity index (χ0n) is 12.5. The predicted octanol–water partition coefficient (Wildman–Crippen LogP) is 3.73. The Kier molecular flexibility index (Phi) is 5.52. The Hall–Kier alpha value is -2.18. The number of benzene rings is 2. The maximum absolute atomic E-state index is 13.1. The first-order valence-corrected chi connectivity index (χ1v) is 7.55. The van der Waals surface area contributed by atoms with Crippen LogP contribution in [0.15, 0.2) is 36.4 Å². The molecule has 0 aliphatic rings. The van der Waals surface area contributed by atoms with Gasteiger partial charge >= 0.3 is 0 Å². The number of hydrogen-bond donors (Lipinski definition) is 3. The maximum Gasteiger partial charge on any atom is 0.269 e. The van der Waals surface area contributed by atoms with E-state index in [9.17, 15) is 9.18 Å². The van der Waals surface area contributed by atoms with Gasteiger partial charge in [-0.05, 0) is 55.9 Å². The lowest BCUT2D eigenvalue weighted by molar-refractivity contribution is 0.0943. The van der Waals surface area contributed by atoms with Gasteiger partial charge in [-0.1, -0.05) is 29.3 Å². The van der Waals surface area contributed by atoms with Crippen molar-refractivity contribution in [1.29, 1.82) is 0 Å². The average Bonchev–Trinajstić information content (AvgIpc) is 2.48. The van der Waals surface area contributed by atoms with Crippen LogP contribution in [0.5, 0.6) is 0 Å². The largest absolute Gasteiger partial charge is 0.331 e. The molecule has 0 radical (unpaired) electrons. The van der Waals surface area contributed by atoms with Crippen LogP contribution in [-0.2, 0) is 0 Å². The summed E-state index contributed by atoms with van der Waals surface area (Å²) in [6, 6.07) is 9.64. The molecular formula is C16H15ClFN3OS. The molecule has 0 heterocycles. The van der Waals surface area contributed by atoms with E-state index in [0.29, 0.717) is 11.3 Å². The first-order chi connectivity index (χ1) is 10.9. The molecule has 2 rings (SSSR count). The molecule has 0 saturated carbocycles. The summed E-state index contributed by atoms with van der Waals surface area (Å²) in [6.07, 6.45) is 0. The number of carbonyl (C=O) groups excluding carboxylic acids is 1. The topological polar surface area (TPSA) is 53.2 Å². The molecule has 1 amide bonds. The Balaban J connectivity index is 1.93. The van der Waals surface area contributed by atoms with E-state index in [0.717, 1.165) is 11.1 Å². The van der Waals surface area contributed by atoms with Crippen molar-refractivity contribution in [3.05, 3.63) is 63.9 Å². The van der Waals surface area contributed by atoms with Crippen molar-refractivity contribution >= 4 is 40.5 Å². The number of rotatable bonds is 2. The molecule has 0 fully saturated rings. The Labute approximate surface area is 144 Å². The highest BCUT2D eigenvalue weighted by Gasteiger charge is 2.09. The van der Waals surface area contributed by atoms with Gasteiger partial charge in [-0.25, -0.2) is 4.39 Å². The molecular weight excluding hydrogens is 337 g/mol. The molecule has 2 aromatic rings. The molecule has 4 nitrogen and oxygen atoms in total. The second kappa shape index (κ2) is 7.39. The van der Waals surface area contributed by atoms with Crippen LogP contribution in [0.25, 0.3) is 0 Å². The molecule has 2 aromatic carbocycles. The van der Waals surface area contributed by atoms with Gasteiger partial charge in [0, 0.05) is 11.3 Å². The SMILES string of the molecule is Cc1ccc(C(=O)NNC(=S)Nc2ccc(F)c(Cl)c2)c(C)c1. The van der Waals surface area contributed by atoms with Crippen molar-refractivity contribution in [2.24, 2.45) is 0 Å². The molecule has 0 aromatic heterocycles. The number of nitrogens with one attached hydrogen (secondary N) is 3. The minimum absolute atomic E-state index is 0.0166. The van der Waals surface area contributed by atoms with Gasteiger partial charge in [0.05, 0.1) is 5.02 Å². The lowest BCUT2D eigenvalue weighted by atomic mass is 10.1. The predicted molar refractivity (Wildman–Crippen MR) is 94.1 cm³/mol. The normalized spacial score (nSPS) is 10.1. The fourth-order valence-electron chi connectivity index (χ4n) is 1.99. The molecule has 3 N–H and O–H groups in total. The van der Waals surface area contributed by atoms with Crippen molar-refractivity contribution in [2.75, 3.05) is 5.32 Å².